The number of aromatic hydroxyl groups is 1. The van der Waals surface area contributed by atoms with E-state index in [1.165, 1.54) is 37.6 Å². The molecule has 0 saturated heterocycles. The third-order valence-corrected chi connectivity index (χ3v) is 8.44. The molecule has 39 heavy (non-hydrogen) atoms. The Morgan fingerprint density at radius 2 is 1.97 bits per heavy atom. The van der Waals surface area contributed by atoms with Gasteiger partial charge in [-0.2, -0.15) is 0 Å². The number of fused-ring (bicyclic) bond motifs is 3. The molecule has 7 heteroatoms. The molecule has 1 aliphatic heterocycles. The number of carbonyl (C=O) groups is 2. The van der Waals surface area contributed by atoms with Crippen LogP contribution < -0.4 is 4.74 Å². The number of allylic oxidation sites excluding steroid dienone is 1. The Bertz CT molecular complexity index is 1260. The minimum absolute atomic E-state index is 0.00796. The van der Waals surface area contributed by atoms with Crippen molar-refractivity contribution in [3.8, 4) is 11.5 Å². The Morgan fingerprint density at radius 1 is 1.21 bits per heavy atom. The number of hydrogen-bond acceptors (Lipinski definition) is 6. The number of phenolic OH excluding ortho intramolecular Hbond substituents is 1. The van der Waals surface area contributed by atoms with E-state index in [2.05, 4.69) is 51.7 Å². The fourth-order valence-electron chi connectivity index (χ4n) is 6.08. The van der Waals surface area contributed by atoms with Crippen molar-refractivity contribution in [3.05, 3.63) is 64.5 Å². The van der Waals surface area contributed by atoms with Gasteiger partial charge in [-0.25, -0.2) is 14.6 Å². The summed E-state index contributed by atoms with van der Waals surface area (Å²) in [5, 5.41) is 20.7. The van der Waals surface area contributed by atoms with Gasteiger partial charge >= 0.3 is 11.9 Å². The van der Waals surface area contributed by atoms with Gasteiger partial charge in [-0.05, 0) is 73.9 Å². The van der Waals surface area contributed by atoms with Gasteiger partial charge in [0.2, 0.25) is 0 Å². The summed E-state index contributed by atoms with van der Waals surface area (Å²) in [6.07, 6.45) is 10.6. The number of ether oxygens (including phenoxy) is 2. The van der Waals surface area contributed by atoms with Crippen molar-refractivity contribution in [1.82, 2.24) is 4.98 Å². The van der Waals surface area contributed by atoms with Crippen molar-refractivity contribution < 1.29 is 29.3 Å². The lowest BCUT2D eigenvalue weighted by Crippen LogP contribution is -2.45. The zero-order chi connectivity index (χ0) is 28.4. The molecular weight excluding hydrogens is 494 g/mol. The van der Waals surface area contributed by atoms with E-state index in [0.717, 1.165) is 41.7 Å². The van der Waals surface area contributed by atoms with E-state index in [4.69, 9.17) is 9.47 Å². The number of carboxylic acid groups (broad SMARTS) is 1. The molecule has 0 saturated carbocycles. The maximum Gasteiger partial charge on any atom is 0.358 e. The van der Waals surface area contributed by atoms with E-state index in [0.29, 0.717) is 6.42 Å². The Hall–Kier alpha value is -3.35. The van der Waals surface area contributed by atoms with Crippen molar-refractivity contribution in [3.63, 3.8) is 0 Å². The molecule has 0 fully saturated rings. The van der Waals surface area contributed by atoms with Crippen LogP contribution in [0.1, 0.15) is 117 Å². The molecule has 0 amide bonds. The van der Waals surface area contributed by atoms with E-state index in [1.807, 2.05) is 6.07 Å². The van der Waals surface area contributed by atoms with Crippen LogP contribution in [-0.4, -0.2) is 39.3 Å². The normalized spacial score (nSPS) is 19.8. The molecule has 1 aromatic carbocycles. The lowest BCUT2D eigenvalue weighted by molar-refractivity contribution is 0.00592. The molecule has 0 radical (unpaired) electrons. The van der Waals surface area contributed by atoms with E-state index >= 15 is 0 Å². The topological polar surface area (TPSA) is 106 Å². The highest BCUT2D eigenvalue weighted by atomic mass is 16.5. The SMILES string of the molecule is CCCCCCC(C)(C)c1cc(O)c2c(c1)OC(C)(C)[C@H]1CC=C(COC(=O)c3ncccc3C(=O)O)C[C@H]21. The molecule has 210 valence electrons. The largest absolute Gasteiger partial charge is 0.508 e. The van der Waals surface area contributed by atoms with Crippen molar-refractivity contribution in [2.75, 3.05) is 6.61 Å². The Balaban J connectivity index is 1.54. The van der Waals surface area contributed by atoms with E-state index in [-0.39, 0.29) is 40.9 Å². The van der Waals surface area contributed by atoms with E-state index < -0.39 is 17.5 Å². The third kappa shape index (κ3) is 6.13. The van der Waals surface area contributed by atoms with Crippen molar-refractivity contribution in [1.29, 1.82) is 0 Å². The summed E-state index contributed by atoms with van der Waals surface area (Å²) in [5.41, 5.74) is 1.91. The van der Waals surface area contributed by atoms with Crippen LogP contribution in [0.5, 0.6) is 11.5 Å². The lowest BCUT2D eigenvalue weighted by atomic mass is 9.66. The molecule has 1 aromatic heterocycles. The number of pyridine rings is 1. The molecule has 7 nitrogen and oxygen atoms in total. The number of carbonyl (C=O) groups excluding carboxylic acids is 1. The van der Waals surface area contributed by atoms with Crippen LogP contribution in [0.25, 0.3) is 0 Å². The second-order valence-corrected chi connectivity index (χ2v) is 12.1. The average molecular weight is 536 g/mol. The Kier molecular flexibility index (Phi) is 8.38. The fourth-order valence-corrected chi connectivity index (χ4v) is 6.08. The van der Waals surface area contributed by atoms with Gasteiger partial charge in [0, 0.05) is 23.6 Å². The van der Waals surface area contributed by atoms with Gasteiger partial charge in [-0.3, -0.25) is 0 Å². The van der Waals surface area contributed by atoms with Crippen LogP contribution in [0.4, 0.5) is 0 Å². The molecule has 2 atom stereocenters. The molecule has 2 heterocycles. The molecule has 4 rings (SSSR count). The maximum atomic E-state index is 12.7. The number of carboxylic acids is 1. The molecule has 2 aromatic rings. The highest BCUT2D eigenvalue weighted by Gasteiger charge is 2.46. The van der Waals surface area contributed by atoms with Gasteiger partial charge in [0.1, 0.15) is 23.7 Å². The van der Waals surface area contributed by atoms with Crippen LogP contribution >= 0.6 is 0 Å². The first kappa shape index (κ1) is 28.7. The van der Waals surface area contributed by atoms with Crippen LogP contribution in [-0.2, 0) is 10.2 Å². The smallest absolute Gasteiger partial charge is 0.358 e. The lowest BCUT2D eigenvalue weighted by Gasteiger charge is -2.47. The second kappa shape index (κ2) is 11.4. The summed E-state index contributed by atoms with van der Waals surface area (Å²) in [5.74, 6) is -0.846. The molecule has 2 N–H and O–H groups in total. The predicted octanol–water partition coefficient (Wildman–Crippen LogP) is 7.18. The molecular formula is C32H41NO6. The van der Waals surface area contributed by atoms with E-state index in [9.17, 15) is 19.8 Å². The van der Waals surface area contributed by atoms with Gasteiger partial charge in [0.25, 0.3) is 0 Å². The van der Waals surface area contributed by atoms with Crippen molar-refractivity contribution in [2.24, 2.45) is 5.92 Å². The zero-order valence-electron chi connectivity index (χ0n) is 23.8. The summed E-state index contributed by atoms with van der Waals surface area (Å²) in [6.45, 7) is 10.9. The number of esters is 1. The minimum atomic E-state index is -1.23. The van der Waals surface area contributed by atoms with Crippen LogP contribution in [0.3, 0.4) is 0 Å². The summed E-state index contributed by atoms with van der Waals surface area (Å²) in [6, 6.07) is 6.82. The average Bonchev–Trinajstić information content (AvgIpc) is 2.89. The Morgan fingerprint density at radius 3 is 2.69 bits per heavy atom. The van der Waals surface area contributed by atoms with Gasteiger partial charge in [-0.1, -0.05) is 52.5 Å². The van der Waals surface area contributed by atoms with Crippen LogP contribution in [0.2, 0.25) is 0 Å². The number of aromatic carboxylic acids is 1. The highest BCUT2D eigenvalue weighted by Crippen LogP contribution is 2.55. The Labute approximate surface area is 231 Å². The van der Waals surface area contributed by atoms with Crippen LogP contribution in [0, 0.1) is 5.92 Å². The number of phenols is 1. The third-order valence-electron chi connectivity index (χ3n) is 8.44. The molecule has 0 unspecified atom stereocenters. The first-order chi connectivity index (χ1) is 18.4. The van der Waals surface area contributed by atoms with Crippen molar-refractivity contribution >= 4 is 11.9 Å². The second-order valence-electron chi connectivity index (χ2n) is 12.1. The number of nitrogens with zero attached hydrogens (tertiary/aromatic N) is 1. The molecule has 1 aliphatic carbocycles. The number of hydrogen-bond donors (Lipinski definition) is 2. The summed E-state index contributed by atoms with van der Waals surface area (Å²) >= 11 is 0. The van der Waals surface area contributed by atoms with Crippen molar-refractivity contribution in [2.45, 2.75) is 96.5 Å². The molecule has 2 aliphatic rings. The first-order valence-corrected chi connectivity index (χ1v) is 14.0. The summed E-state index contributed by atoms with van der Waals surface area (Å²) < 4.78 is 12.0. The first-order valence-electron chi connectivity index (χ1n) is 14.0. The molecule has 0 spiro atoms. The highest BCUT2D eigenvalue weighted by molar-refractivity contribution is 6.00. The fraction of sp³-hybridized carbons (Fsp3) is 0.531. The van der Waals surface area contributed by atoms with Gasteiger partial charge < -0.3 is 19.7 Å². The quantitative estimate of drug-likeness (QED) is 0.188. The maximum absolute atomic E-state index is 12.7. The number of unbranched alkanes of at least 4 members (excludes halogenated alkanes) is 3. The van der Waals surface area contributed by atoms with Gasteiger partial charge in [-0.15, -0.1) is 0 Å². The standard InChI is InChI=1S/C32H41NO6/c1-6-7-8-9-14-31(2,3)21-17-25(34)27-23-16-20(12-13-24(23)32(4,5)39-26(27)18-21)19-38-30(37)28-22(29(35)36)11-10-15-33-28/h10-12,15,17-18,23-24,34H,6-9,13-14,16,19H2,1-5H3,(H,35,36)/t23-,24-/m0/s1. The van der Waals surface area contributed by atoms with E-state index in [1.54, 1.807) is 0 Å². The summed E-state index contributed by atoms with van der Waals surface area (Å²) in [7, 11) is 0. The summed E-state index contributed by atoms with van der Waals surface area (Å²) in [4.78, 5) is 28.0. The number of aromatic nitrogens is 1. The number of benzene rings is 1. The zero-order valence-corrected chi connectivity index (χ0v) is 23.8. The van der Waals surface area contributed by atoms with Gasteiger partial charge in [0.15, 0.2) is 5.69 Å². The van der Waals surface area contributed by atoms with Gasteiger partial charge in [0.05, 0.1) is 5.56 Å². The number of rotatable bonds is 10. The molecule has 0 bridgehead atoms. The van der Waals surface area contributed by atoms with Crippen LogP contribution in [0.15, 0.2) is 42.1 Å². The monoisotopic (exact) mass is 535 g/mol. The minimum Gasteiger partial charge on any atom is -0.508 e. The predicted molar refractivity (Wildman–Crippen MR) is 150 cm³/mol.